The molecule has 1 unspecified atom stereocenters. The number of anilines is 1. The Balaban J connectivity index is 2.15. The van der Waals surface area contributed by atoms with Crippen LogP contribution in [0.2, 0.25) is 0 Å². The van der Waals surface area contributed by atoms with Crippen LogP contribution in [-0.2, 0) is 0 Å². The summed E-state index contributed by atoms with van der Waals surface area (Å²) in [5.41, 5.74) is 11.4. The van der Waals surface area contributed by atoms with E-state index in [0.717, 1.165) is 25.3 Å². The molecule has 0 saturated carbocycles. The van der Waals surface area contributed by atoms with Crippen LogP contribution < -0.4 is 16.4 Å². The Morgan fingerprint density at radius 1 is 1.62 bits per heavy atom. The number of primary amides is 1. The first-order valence-electron chi connectivity index (χ1n) is 5.41. The molecule has 0 radical (unpaired) electrons. The van der Waals surface area contributed by atoms with Gasteiger partial charge in [-0.05, 0) is 31.0 Å². The number of nitrogens with zero attached hydrogens (tertiary/aromatic N) is 2. The molecule has 1 amide bonds. The average Bonchev–Trinajstić information content (AvgIpc) is 2.77. The summed E-state index contributed by atoms with van der Waals surface area (Å²) in [6.07, 6.45) is 2.70. The highest BCUT2D eigenvalue weighted by Gasteiger charge is 2.22. The lowest BCUT2D eigenvalue weighted by Crippen LogP contribution is -2.24. The lowest BCUT2D eigenvalue weighted by atomic mass is 10.1. The molecule has 0 aromatic carbocycles. The van der Waals surface area contributed by atoms with Crippen molar-refractivity contribution in [2.24, 2.45) is 17.4 Å². The third-order valence-electron chi connectivity index (χ3n) is 2.97. The van der Waals surface area contributed by atoms with Gasteiger partial charge in [0, 0.05) is 24.8 Å². The van der Waals surface area contributed by atoms with Crippen LogP contribution in [0.5, 0.6) is 0 Å². The molecular formula is C11H16N4O. The van der Waals surface area contributed by atoms with E-state index in [4.69, 9.17) is 11.5 Å². The van der Waals surface area contributed by atoms with Gasteiger partial charge in [0.15, 0.2) is 0 Å². The molecule has 16 heavy (non-hydrogen) atoms. The molecule has 0 bridgehead atoms. The van der Waals surface area contributed by atoms with Crippen molar-refractivity contribution in [1.29, 1.82) is 0 Å². The number of aromatic nitrogens is 1. The zero-order valence-electron chi connectivity index (χ0n) is 9.10. The standard InChI is InChI=1S/C11H16N4O/c12-6-8-2-4-15(7-8)10-5-9(11(13)16)1-3-14-10/h1,3,5,8H,2,4,6-7,12H2,(H2,13,16). The van der Waals surface area contributed by atoms with Crippen molar-refractivity contribution in [2.75, 3.05) is 24.5 Å². The number of hydrogen-bond donors (Lipinski definition) is 2. The van der Waals surface area contributed by atoms with Gasteiger partial charge in [-0.3, -0.25) is 4.79 Å². The van der Waals surface area contributed by atoms with Gasteiger partial charge >= 0.3 is 0 Å². The summed E-state index contributed by atoms with van der Waals surface area (Å²) in [4.78, 5) is 17.4. The number of nitrogens with two attached hydrogens (primary N) is 2. The largest absolute Gasteiger partial charge is 0.366 e. The normalized spacial score (nSPS) is 20.1. The monoisotopic (exact) mass is 220 g/mol. The van der Waals surface area contributed by atoms with Crippen molar-refractivity contribution >= 4 is 11.7 Å². The minimum absolute atomic E-state index is 0.418. The fourth-order valence-corrected chi connectivity index (χ4v) is 1.98. The molecule has 4 N–H and O–H groups in total. The first kappa shape index (κ1) is 10.9. The van der Waals surface area contributed by atoms with Crippen LogP contribution in [0.25, 0.3) is 0 Å². The highest BCUT2D eigenvalue weighted by molar-refractivity contribution is 5.93. The van der Waals surface area contributed by atoms with E-state index < -0.39 is 5.91 Å². The van der Waals surface area contributed by atoms with E-state index >= 15 is 0 Å². The summed E-state index contributed by atoms with van der Waals surface area (Å²) < 4.78 is 0. The van der Waals surface area contributed by atoms with Crippen LogP contribution in [0.1, 0.15) is 16.8 Å². The minimum Gasteiger partial charge on any atom is -0.366 e. The first-order chi connectivity index (χ1) is 7.70. The Morgan fingerprint density at radius 3 is 3.06 bits per heavy atom. The highest BCUT2D eigenvalue weighted by atomic mass is 16.1. The summed E-state index contributed by atoms with van der Waals surface area (Å²) in [6.45, 7) is 2.55. The molecule has 0 aliphatic carbocycles. The first-order valence-corrected chi connectivity index (χ1v) is 5.41. The third kappa shape index (κ3) is 2.14. The van der Waals surface area contributed by atoms with Crippen molar-refractivity contribution in [3.8, 4) is 0 Å². The fraction of sp³-hybridized carbons (Fsp3) is 0.455. The minimum atomic E-state index is -0.418. The fourth-order valence-electron chi connectivity index (χ4n) is 1.98. The lowest BCUT2D eigenvalue weighted by molar-refractivity contribution is 0.1000. The Morgan fingerprint density at radius 2 is 2.44 bits per heavy atom. The number of amides is 1. The maximum absolute atomic E-state index is 11.0. The second kappa shape index (κ2) is 4.49. The number of rotatable bonds is 3. The molecule has 1 aromatic heterocycles. The second-order valence-corrected chi connectivity index (χ2v) is 4.10. The number of carbonyl (C=O) groups excluding carboxylic acids is 1. The Kier molecular flexibility index (Phi) is 3.05. The number of hydrogen-bond acceptors (Lipinski definition) is 4. The SMILES string of the molecule is NCC1CCN(c2cc(C(N)=O)ccn2)C1. The average molecular weight is 220 g/mol. The Bertz CT molecular complexity index is 393. The van der Waals surface area contributed by atoms with Crippen molar-refractivity contribution < 1.29 is 4.79 Å². The summed E-state index contributed by atoms with van der Waals surface area (Å²) in [6, 6.07) is 3.36. The zero-order valence-corrected chi connectivity index (χ0v) is 9.10. The number of pyridine rings is 1. The van der Waals surface area contributed by atoms with Crippen molar-refractivity contribution in [1.82, 2.24) is 4.98 Å². The van der Waals surface area contributed by atoms with Crippen molar-refractivity contribution in [2.45, 2.75) is 6.42 Å². The quantitative estimate of drug-likeness (QED) is 0.748. The Hall–Kier alpha value is -1.62. The molecule has 1 aliphatic rings. The van der Waals surface area contributed by atoms with Crippen LogP contribution in [0.4, 0.5) is 5.82 Å². The van der Waals surface area contributed by atoms with Crippen LogP contribution in [0.15, 0.2) is 18.3 Å². The molecule has 0 spiro atoms. The topological polar surface area (TPSA) is 85.2 Å². The van der Waals surface area contributed by atoms with Gasteiger partial charge in [-0.15, -0.1) is 0 Å². The smallest absolute Gasteiger partial charge is 0.248 e. The summed E-state index contributed by atoms with van der Waals surface area (Å²) in [5, 5.41) is 0. The van der Waals surface area contributed by atoms with E-state index in [-0.39, 0.29) is 0 Å². The number of carbonyl (C=O) groups is 1. The molecule has 1 saturated heterocycles. The van der Waals surface area contributed by atoms with Gasteiger partial charge in [0.25, 0.3) is 0 Å². The molecule has 1 atom stereocenters. The van der Waals surface area contributed by atoms with E-state index in [2.05, 4.69) is 9.88 Å². The van der Waals surface area contributed by atoms with Gasteiger partial charge in [-0.25, -0.2) is 4.98 Å². The van der Waals surface area contributed by atoms with Gasteiger partial charge in [0.05, 0.1) is 0 Å². The summed E-state index contributed by atoms with van der Waals surface area (Å²) in [5.74, 6) is 0.921. The molecule has 5 heteroatoms. The lowest BCUT2D eigenvalue weighted by Gasteiger charge is -2.17. The second-order valence-electron chi connectivity index (χ2n) is 4.10. The predicted molar refractivity (Wildman–Crippen MR) is 62.1 cm³/mol. The Labute approximate surface area is 94.4 Å². The molecule has 5 nitrogen and oxygen atoms in total. The van der Waals surface area contributed by atoms with Crippen molar-refractivity contribution in [3.63, 3.8) is 0 Å². The molecule has 2 rings (SSSR count). The van der Waals surface area contributed by atoms with E-state index in [1.54, 1.807) is 18.3 Å². The molecule has 1 aromatic rings. The molecular weight excluding hydrogens is 204 g/mol. The molecule has 1 aliphatic heterocycles. The van der Waals surface area contributed by atoms with Gasteiger partial charge in [0.1, 0.15) is 5.82 Å². The maximum atomic E-state index is 11.0. The van der Waals surface area contributed by atoms with Crippen LogP contribution in [0.3, 0.4) is 0 Å². The summed E-state index contributed by atoms with van der Waals surface area (Å²) in [7, 11) is 0. The van der Waals surface area contributed by atoms with E-state index in [1.807, 2.05) is 0 Å². The third-order valence-corrected chi connectivity index (χ3v) is 2.97. The van der Waals surface area contributed by atoms with Crippen LogP contribution >= 0.6 is 0 Å². The van der Waals surface area contributed by atoms with E-state index in [0.29, 0.717) is 18.0 Å². The van der Waals surface area contributed by atoms with Crippen LogP contribution in [0, 0.1) is 5.92 Å². The van der Waals surface area contributed by atoms with Gasteiger partial charge < -0.3 is 16.4 Å². The van der Waals surface area contributed by atoms with Crippen LogP contribution in [-0.4, -0.2) is 30.5 Å². The molecule has 2 heterocycles. The highest BCUT2D eigenvalue weighted by Crippen LogP contribution is 2.21. The molecule has 1 fully saturated rings. The zero-order chi connectivity index (χ0) is 11.5. The predicted octanol–water partition coefficient (Wildman–Crippen LogP) is -0.0345. The maximum Gasteiger partial charge on any atom is 0.248 e. The van der Waals surface area contributed by atoms with Crippen molar-refractivity contribution in [3.05, 3.63) is 23.9 Å². The van der Waals surface area contributed by atoms with E-state index in [1.165, 1.54) is 0 Å². The van der Waals surface area contributed by atoms with Gasteiger partial charge in [-0.1, -0.05) is 0 Å². The van der Waals surface area contributed by atoms with Gasteiger partial charge in [-0.2, -0.15) is 0 Å². The molecule has 86 valence electrons. The summed E-state index contributed by atoms with van der Waals surface area (Å²) >= 11 is 0. The van der Waals surface area contributed by atoms with Gasteiger partial charge in [0.2, 0.25) is 5.91 Å². The van der Waals surface area contributed by atoms with E-state index in [9.17, 15) is 4.79 Å².